The van der Waals surface area contributed by atoms with Crippen LogP contribution in [0.1, 0.15) is 24.5 Å². The molecule has 0 spiro atoms. The fourth-order valence-electron chi connectivity index (χ4n) is 1.81. The number of nitrogens with zero attached hydrogens (tertiary/aromatic N) is 1. The van der Waals surface area contributed by atoms with E-state index in [1.807, 2.05) is 11.8 Å². The maximum atomic E-state index is 11.8. The highest BCUT2D eigenvalue weighted by atomic mass is 32.1. The molecule has 1 atom stereocenters. The van der Waals surface area contributed by atoms with E-state index in [1.54, 1.807) is 11.3 Å². The van der Waals surface area contributed by atoms with E-state index in [0.29, 0.717) is 6.67 Å². The van der Waals surface area contributed by atoms with Gasteiger partial charge in [-0.15, -0.1) is 0 Å². The normalized spacial score (nSPS) is 21.3. The molecule has 2 heterocycles. The second-order valence-corrected chi connectivity index (χ2v) is 4.68. The largest absolute Gasteiger partial charge is 0.324 e. The van der Waals surface area contributed by atoms with Crippen molar-refractivity contribution < 1.29 is 4.79 Å². The average molecular weight is 224 g/mol. The SMILES string of the molecule is CCC1NCN(Cc2cscc2C)C1=O. The zero-order valence-electron chi connectivity index (χ0n) is 9.12. The van der Waals surface area contributed by atoms with Crippen LogP contribution in [0.15, 0.2) is 10.8 Å². The minimum absolute atomic E-state index is 0.0314. The lowest BCUT2D eigenvalue weighted by atomic mass is 10.2. The topological polar surface area (TPSA) is 32.3 Å². The summed E-state index contributed by atoms with van der Waals surface area (Å²) >= 11 is 1.70. The van der Waals surface area contributed by atoms with Crippen LogP contribution in [0.4, 0.5) is 0 Å². The Hall–Kier alpha value is -0.870. The van der Waals surface area contributed by atoms with Crippen molar-refractivity contribution >= 4 is 17.2 Å². The summed E-state index contributed by atoms with van der Waals surface area (Å²) in [5.41, 5.74) is 2.56. The molecule has 1 amide bonds. The van der Waals surface area contributed by atoms with E-state index >= 15 is 0 Å². The predicted octanol–water partition coefficient (Wildman–Crippen LogP) is 1.72. The van der Waals surface area contributed by atoms with Crippen LogP contribution in [0, 0.1) is 6.92 Å². The standard InChI is InChI=1S/C11H16N2OS/c1-3-10-11(14)13(7-12-10)4-9-6-15-5-8(9)2/h5-6,10,12H,3-4,7H2,1-2H3. The van der Waals surface area contributed by atoms with Crippen molar-refractivity contribution in [3.63, 3.8) is 0 Å². The molecule has 1 aromatic rings. The zero-order chi connectivity index (χ0) is 10.8. The van der Waals surface area contributed by atoms with Crippen molar-refractivity contribution in [2.24, 2.45) is 0 Å². The smallest absolute Gasteiger partial charge is 0.241 e. The lowest BCUT2D eigenvalue weighted by Gasteiger charge is -2.14. The highest BCUT2D eigenvalue weighted by Gasteiger charge is 2.29. The van der Waals surface area contributed by atoms with Crippen LogP contribution in [0.3, 0.4) is 0 Å². The van der Waals surface area contributed by atoms with Crippen LogP contribution in [-0.2, 0) is 11.3 Å². The number of carbonyl (C=O) groups excluding carboxylic acids is 1. The predicted molar refractivity (Wildman–Crippen MR) is 61.7 cm³/mol. The first-order chi connectivity index (χ1) is 7.22. The molecule has 1 aliphatic rings. The first-order valence-corrected chi connectivity index (χ1v) is 6.20. The Morgan fingerprint density at radius 2 is 2.40 bits per heavy atom. The van der Waals surface area contributed by atoms with E-state index in [2.05, 4.69) is 23.0 Å². The van der Waals surface area contributed by atoms with Gasteiger partial charge in [-0.25, -0.2) is 0 Å². The quantitative estimate of drug-likeness (QED) is 0.848. The summed E-state index contributed by atoms with van der Waals surface area (Å²) in [7, 11) is 0. The molecular weight excluding hydrogens is 208 g/mol. The number of nitrogens with one attached hydrogen (secondary N) is 1. The fraction of sp³-hybridized carbons (Fsp3) is 0.545. The Labute approximate surface area is 94.1 Å². The van der Waals surface area contributed by atoms with Gasteiger partial charge < -0.3 is 4.90 Å². The number of carbonyl (C=O) groups is 1. The second-order valence-electron chi connectivity index (χ2n) is 3.94. The second kappa shape index (κ2) is 4.33. The Morgan fingerprint density at radius 1 is 1.60 bits per heavy atom. The van der Waals surface area contributed by atoms with Gasteiger partial charge in [0.1, 0.15) is 0 Å². The van der Waals surface area contributed by atoms with Crippen LogP contribution >= 0.6 is 11.3 Å². The lowest BCUT2D eigenvalue weighted by molar-refractivity contribution is -0.129. The summed E-state index contributed by atoms with van der Waals surface area (Å²) in [6.07, 6.45) is 0.873. The van der Waals surface area contributed by atoms with Crippen molar-refractivity contribution in [1.82, 2.24) is 10.2 Å². The van der Waals surface area contributed by atoms with Crippen LogP contribution in [0.25, 0.3) is 0 Å². The van der Waals surface area contributed by atoms with E-state index in [1.165, 1.54) is 11.1 Å². The highest BCUT2D eigenvalue weighted by Crippen LogP contribution is 2.18. The third-order valence-electron chi connectivity index (χ3n) is 2.87. The van der Waals surface area contributed by atoms with Gasteiger partial charge >= 0.3 is 0 Å². The van der Waals surface area contributed by atoms with Gasteiger partial charge in [0.05, 0.1) is 12.7 Å². The highest BCUT2D eigenvalue weighted by molar-refractivity contribution is 7.08. The van der Waals surface area contributed by atoms with Gasteiger partial charge in [0.2, 0.25) is 5.91 Å². The maximum absolute atomic E-state index is 11.8. The lowest BCUT2D eigenvalue weighted by Crippen LogP contribution is -2.29. The van der Waals surface area contributed by atoms with Gasteiger partial charge in [-0.1, -0.05) is 6.92 Å². The molecule has 1 fully saturated rings. The minimum atomic E-state index is 0.0314. The summed E-state index contributed by atoms with van der Waals surface area (Å²) in [5.74, 6) is 0.239. The molecule has 2 rings (SSSR count). The summed E-state index contributed by atoms with van der Waals surface area (Å²) in [6, 6.07) is 0.0314. The first-order valence-electron chi connectivity index (χ1n) is 5.26. The van der Waals surface area contributed by atoms with E-state index < -0.39 is 0 Å². The van der Waals surface area contributed by atoms with Crippen molar-refractivity contribution in [2.75, 3.05) is 6.67 Å². The van der Waals surface area contributed by atoms with Crippen LogP contribution in [0.2, 0.25) is 0 Å². The molecule has 0 radical (unpaired) electrons. The molecule has 0 saturated carbocycles. The van der Waals surface area contributed by atoms with E-state index in [-0.39, 0.29) is 11.9 Å². The number of hydrogen-bond acceptors (Lipinski definition) is 3. The Morgan fingerprint density at radius 3 is 2.93 bits per heavy atom. The van der Waals surface area contributed by atoms with Crippen LogP contribution < -0.4 is 5.32 Å². The molecule has 0 aromatic carbocycles. The van der Waals surface area contributed by atoms with Crippen molar-refractivity contribution in [1.29, 1.82) is 0 Å². The van der Waals surface area contributed by atoms with Crippen LogP contribution in [-0.4, -0.2) is 23.5 Å². The Kier molecular flexibility index (Phi) is 3.07. The summed E-state index contributed by atoms with van der Waals surface area (Å²) in [5, 5.41) is 7.47. The number of thiophene rings is 1. The number of hydrogen-bond donors (Lipinski definition) is 1. The Bertz CT molecular complexity index is 361. The molecule has 1 aromatic heterocycles. The van der Waals surface area contributed by atoms with Crippen LogP contribution in [0.5, 0.6) is 0 Å². The van der Waals surface area contributed by atoms with Crippen molar-refractivity contribution in [3.8, 4) is 0 Å². The molecule has 0 bridgehead atoms. The maximum Gasteiger partial charge on any atom is 0.241 e. The zero-order valence-corrected chi connectivity index (χ0v) is 9.93. The number of rotatable bonds is 3. The van der Waals surface area contributed by atoms with Gasteiger partial charge in [-0.3, -0.25) is 10.1 Å². The van der Waals surface area contributed by atoms with Gasteiger partial charge in [0.25, 0.3) is 0 Å². The Balaban J connectivity index is 2.03. The number of amides is 1. The summed E-state index contributed by atoms with van der Waals surface area (Å²) in [6.45, 7) is 5.57. The summed E-state index contributed by atoms with van der Waals surface area (Å²) < 4.78 is 0. The van der Waals surface area contributed by atoms with E-state index in [9.17, 15) is 4.79 Å². The molecule has 82 valence electrons. The first kappa shape index (κ1) is 10.6. The average Bonchev–Trinajstić information content (AvgIpc) is 2.77. The molecule has 0 aliphatic carbocycles. The molecular formula is C11H16N2OS. The third-order valence-corrected chi connectivity index (χ3v) is 3.78. The van der Waals surface area contributed by atoms with Gasteiger partial charge in [-0.05, 0) is 35.2 Å². The van der Waals surface area contributed by atoms with Gasteiger partial charge in [0, 0.05) is 6.54 Å². The van der Waals surface area contributed by atoms with E-state index in [4.69, 9.17) is 0 Å². The molecule has 4 heteroatoms. The molecule has 1 saturated heterocycles. The molecule has 15 heavy (non-hydrogen) atoms. The van der Waals surface area contributed by atoms with E-state index in [0.717, 1.165) is 13.0 Å². The minimum Gasteiger partial charge on any atom is -0.324 e. The molecule has 1 aliphatic heterocycles. The van der Waals surface area contributed by atoms with Gasteiger partial charge in [-0.2, -0.15) is 11.3 Å². The fourth-order valence-corrected chi connectivity index (χ4v) is 2.66. The summed E-state index contributed by atoms with van der Waals surface area (Å²) in [4.78, 5) is 13.7. The monoisotopic (exact) mass is 224 g/mol. The third kappa shape index (κ3) is 2.06. The van der Waals surface area contributed by atoms with Crippen molar-refractivity contribution in [2.45, 2.75) is 32.9 Å². The molecule has 1 N–H and O–H groups in total. The number of aryl methyl sites for hydroxylation is 1. The van der Waals surface area contributed by atoms with Gasteiger partial charge in [0.15, 0.2) is 0 Å². The molecule has 3 nitrogen and oxygen atoms in total. The molecule has 1 unspecified atom stereocenters. The van der Waals surface area contributed by atoms with Crippen molar-refractivity contribution in [3.05, 3.63) is 21.9 Å².